The van der Waals surface area contributed by atoms with Crippen molar-refractivity contribution in [3.8, 4) is 0 Å². The highest BCUT2D eigenvalue weighted by Gasteiger charge is 2.24. The quantitative estimate of drug-likeness (QED) is 0.705. The van der Waals surface area contributed by atoms with E-state index in [4.69, 9.17) is 0 Å². The first-order valence-electron chi connectivity index (χ1n) is 11.2. The van der Waals surface area contributed by atoms with Crippen LogP contribution in [0.1, 0.15) is 31.1 Å². The van der Waals surface area contributed by atoms with Gasteiger partial charge < -0.3 is 25.3 Å². The summed E-state index contributed by atoms with van der Waals surface area (Å²) in [7, 11) is 1.52. The van der Waals surface area contributed by atoms with Gasteiger partial charge in [-0.2, -0.15) is 0 Å². The minimum absolute atomic E-state index is 0.0481. The van der Waals surface area contributed by atoms with Crippen LogP contribution in [0.15, 0.2) is 48.5 Å². The van der Waals surface area contributed by atoms with Gasteiger partial charge in [-0.15, -0.1) is 0 Å². The molecule has 1 saturated heterocycles. The number of carbonyl (C=O) groups excluding carboxylic acids is 3. The zero-order chi connectivity index (χ0) is 24.9. The minimum Gasteiger partial charge on any atom is -0.368 e. The molecule has 34 heavy (non-hydrogen) atoms. The van der Waals surface area contributed by atoms with Gasteiger partial charge in [-0.25, -0.2) is 9.18 Å². The monoisotopic (exact) mass is 469 g/mol. The van der Waals surface area contributed by atoms with Gasteiger partial charge in [0.25, 0.3) is 5.91 Å². The van der Waals surface area contributed by atoms with Crippen LogP contribution < -0.4 is 15.5 Å². The highest BCUT2D eigenvalue weighted by atomic mass is 19.1. The molecule has 0 radical (unpaired) electrons. The lowest BCUT2D eigenvalue weighted by Gasteiger charge is -2.37. The van der Waals surface area contributed by atoms with Gasteiger partial charge in [-0.3, -0.25) is 9.59 Å². The maximum Gasteiger partial charge on any atom is 0.317 e. The van der Waals surface area contributed by atoms with E-state index in [9.17, 15) is 18.8 Å². The van der Waals surface area contributed by atoms with Crippen molar-refractivity contribution in [1.29, 1.82) is 0 Å². The van der Waals surface area contributed by atoms with Crippen molar-refractivity contribution in [1.82, 2.24) is 15.1 Å². The van der Waals surface area contributed by atoms with Crippen LogP contribution in [0, 0.1) is 5.82 Å². The third-order valence-corrected chi connectivity index (χ3v) is 5.38. The molecule has 2 N–H and O–H groups in total. The first-order valence-corrected chi connectivity index (χ1v) is 11.2. The molecule has 0 aliphatic carbocycles. The zero-order valence-corrected chi connectivity index (χ0v) is 20.1. The Hall–Kier alpha value is -3.62. The molecular weight excluding hydrogens is 437 g/mol. The molecule has 4 amide bonds. The lowest BCUT2D eigenvalue weighted by atomic mass is 10.1. The first-order chi connectivity index (χ1) is 16.0. The first kappa shape index (κ1) is 25.0. The number of amides is 4. The van der Waals surface area contributed by atoms with Gasteiger partial charge in [-0.1, -0.05) is 0 Å². The predicted molar refractivity (Wildman–Crippen MR) is 131 cm³/mol. The molecule has 2 aromatic carbocycles. The molecule has 9 heteroatoms. The molecule has 0 bridgehead atoms. The number of hydrogen-bond donors (Lipinski definition) is 2. The van der Waals surface area contributed by atoms with Crippen LogP contribution in [0.3, 0.4) is 0 Å². The van der Waals surface area contributed by atoms with E-state index < -0.39 is 5.82 Å². The van der Waals surface area contributed by atoms with Gasteiger partial charge in [0.2, 0.25) is 5.91 Å². The minimum atomic E-state index is -0.423. The van der Waals surface area contributed by atoms with Gasteiger partial charge >= 0.3 is 6.03 Å². The Bertz CT molecular complexity index is 1010. The normalized spacial score (nSPS) is 13.9. The van der Waals surface area contributed by atoms with Crippen LogP contribution in [0.25, 0.3) is 0 Å². The highest BCUT2D eigenvalue weighted by molar-refractivity contribution is 5.99. The Labute approximate surface area is 199 Å². The van der Waals surface area contributed by atoms with Gasteiger partial charge in [0.05, 0.1) is 6.54 Å². The van der Waals surface area contributed by atoms with Crippen LogP contribution in [-0.2, 0) is 4.79 Å². The summed E-state index contributed by atoms with van der Waals surface area (Å²) >= 11 is 0. The zero-order valence-electron chi connectivity index (χ0n) is 20.1. The molecule has 1 fully saturated rings. The second-order valence-corrected chi connectivity index (χ2v) is 9.42. The molecule has 182 valence electrons. The van der Waals surface area contributed by atoms with E-state index in [1.807, 2.05) is 49.9 Å². The Morgan fingerprint density at radius 2 is 1.53 bits per heavy atom. The van der Waals surface area contributed by atoms with E-state index in [1.54, 1.807) is 0 Å². The van der Waals surface area contributed by atoms with E-state index in [2.05, 4.69) is 15.5 Å². The van der Waals surface area contributed by atoms with Gasteiger partial charge in [0.15, 0.2) is 0 Å². The topological polar surface area (TPSA) is 85.0 Å². The number of halogens is 1. The van der Waals surface area contributed by atoms with Crippen LogP contribution in [0.4, 0.5) is 20.6 Å². The molecule has 8 nitrogen and oxygen atoms in total. The van der Waals surface area contributed by atoms with Crippen molar-refractivity contribution in [3.63, 3.8) is 0 Å². The fourth-order valence-electron chi connectivity index (χ4n) is 3.62. The number of benzene rings is 2. The summed E-state index contributed by atoms with van der Waals surface area (Å²) in [6.07, 6.45) is 0. The van der Waals surface area contributed by atoms with E-state index >= 15 is 0 Å². The molecule has 0 atom stereocenters. The fourth-order valence-corrected chi connectivity index (χ4v) is 3.62. The molecule has 0 unspecified atom stereocenters. The molecule has 1 heterocycles. The lowest BCUT2D eigenvalue weighted by Crippen LogP contribution is -2.55. The van der Waals surface area contributed by atoms with E-state index in [0.717, 1.165) is 18.8 Å². The molecular formula is C25H32FN5O3. The number of hydrogen-bond acceptors (Lipinski definition) is 4. The molecule has 1 aliphatic rings. The van der Waals surface area contributed by atoms with Crippen molar-refractivity contribution in [3.05, 3.63) is 59.9 Å². The Morgan fingerprint density at radius 3 is 2.09 bits per heavy atom. The molecule has 0 spiro atoms. The number of nitrogens with one attached hydrogen (secondary N) is 2. The van der Waals surface area contributed by atoms with E-state index in [1.165, 1.54) is 36.2 Å². The average Bonchev–Trinajstić information content (AvgIpc) is 2.78. The number of anilines is 2. The number of urea groups is 1. The molecule has 3 rings (SSSR count). The second kappa shape index (κ2) is 10.5. The van der Waals surface area contributed by atoms with E-state index in [0.29, 0.717) is 24.3 Å². The van der Waals surface area contributed by atoms with Gasteiger partial charge in [-0.05, 0) is 69.3 Å². The maximum atomic E-state index is 13.0. The Kier molecular flexibility index (Phi) is 7.75. The largest absolute Gasteiger partial charge is 0.368 e. The smallest absolute Gasteiger partial charge is 0.317 e. The van der Waals surface area contributed by atoms with Gasteiger partial charge in [0.1, 0.15) is 5.82 Å². The maximum absolute atomic E-state index is 13.0. The standard InChI is InChI=1S/C25H32FN5O3/c1-25(2,3)28-24(34)31-15-13-30(14-16-31)21-11-9-20(10-12-21)27-22(32)17-29(4)23(33)18-5-7-19(26)8-6-18/h5-12H,13-17H2,1-4H3,(H,27,32)(H,28,34). The number of rotatable bonds is 5. The van der Waals surface area contributed by atoms with Crippen LogP contribution in [0.5, 0.6) is 0 Å². The van der Waals surface area contributed by atoms with Crippen molar-refractivity contribution in [2.24, 2.45) is 0 Å². The van der Waals surface area contributed by atoms with Crippen molar-refractivity contribution >= 4 is 29.2 Å². The van der Waals surface area contributed by atoms with Crippen LogP contribution in [-0.4, -0.2) is 73.0 Å². The summed E-state index contributed by atoms with van der Waals surface area (Å²) < 4.78 is 13.0. The summed E-state index contributed by atoms with van der Waals surface area (Å²) in [5, 5.41) is 5.78. The summed E-state index contributed by atoms with van der Waals surface area (Å²) in [6.45, 7) is 8.47. The average molecular weight is 470 g/mol. The molecule has 2 aromatic rings. The molecule has 1 aliphatic heterocycles. The third-order valence-electron chi connectivity index (χ3n) is 5.38. The number of likely N-dealkylation sites (N-methyl/N-ethyl adjacent to an activating group) is 1. The molecule has 0 aromatic heterocycles. The molecule has 0 saturated carbocycles. The fraction of sp³-hybridized carbons (Fsp3) is 0.400. The van der Waals surface area contributed by atoms with Crippen LogP contribution in [0.2, 0.25) is 0 Å². The summed E-state index contributed by atoms with van der Waals surface area (Å²) in [5.74, 6) is -1.11. The van der Waals surface area contributed by atoms with Crippen LogP contribution >= 0.6 is 0 Å². The van der Waals surface area contributed by atoms with Crippen molar-refractivity contribution in [2.45, 2.75) is 26.3 Å². The summed E-state index contributed by atoms with van der Waals surface area (Å²) in [4.78, 5) is 42.4. The van der Waals surface area contributed by atoms with Gasteiger partial charge in [0, 0.05) is 55.7 Å². The number of carbonyl (C=O) groups is 3. The SMILES string of the molecule is CN(CC(=O)Nc1ccc(N2CCN(C(=O)NC(C)(C)C)CC2)cc1)C(=O)c1ccc(F)cc1. The lowest BCUT2D eigenvalue weighted by molar-refractivity contribution is -0.116. The third kappa shape index (κ3) is 6.94. The van der Waals surface area contributed by atoms with Crippen molar-refractivity contribution < 1.29 is 18.8 Å². The predicted octanol–water partition coefficient (Wildman–Crippen LogP) is 3.17. The Balaban J connectivity index is 1.48. The van der Waals surface area contributed by atoms with Crippen molar-refractivity contribution in [2.75, 3.05) is 50.0 Å². The Morgan fingerprint density at radius 1 is 0.941 bits per heavy atom. The highest BCUT2D eigenvalue weighted by Crippen LogP contribution is 2.20. The number of nitrogens with zero attached hydrogens (tertiary/aromatic N) is 3. The summed E-state index contributed by atoms with van der Waals surface area (Å²) in [6, 6.07) is 12.6. The second-order valence-electron chi connectivity index (χ2n) is 9.42. The summed E-state index contributed by atoms with van der Waals surface area (Å²) in [5.41, 5.74) is 1.69. The number of piperazine rings is 1. The van der Waals surface area contributed by atoms with E-state index in [-0.39, 0.29) is 29.9 Å².